The molecule has 0 bridgehead atoms. The molecule has 0 aliphatic heterocycles. The van der Waals surface area contributed by atoms with Crippen LogP contribution in [0.1, 0.15) is 11.1 Å². The van der Waals surface area contributed by atoms with E-state index in [2.05, 4.69) is 15.6 Å². The van der Waals surface area contributed by atoms with Gasteiger partial charge in [-0.1, -0.05) is 72.8 Å². The summed E-state index contributed by atoms with van der Waals surface area (Å²) >= 11 is 1.37. The molecule has 0 saturated carbocycles. The quantitative estimate of drug-likeness (QED) is 0.339. The molecule has 4 rings (SSSR count). The fourth-order valence-electron chi connectivity index (χ4n) is 3.34. The topological polar surface area (TPSA) is 106 Å². The Labute approximate surface area is 201 Å². The van der Waals surface area contributed by atoms with Crippen LogP contribution in [0.15, 0.2) is 90.3 Å². The van der Waals surface area contributed by atoms with E-state index in [-0.39, 0.29) is 12.5 Å². The molecule has 1 aromatic heterocycles. The molecular weight excluding hydrogens is 448 g/mol. The predicted molar refractivity (Wildman–Crippen MR) is 134 cm³/mol. The molecule has 172 valence electrons. The van der Waals surface area contributed by atoms with Crippen LogP contribution in [0.25, 0.3) is 11.3 Å². The number of nitrogens with two attached hydrogens (primary N) is 1. The van der Waals surface area contributed by atoms with Gasteiger partial charge in [0, 0.05) is 23.1 Å². The lowest BCUT2D eigenvalue weighted by Gasteiger charge is -2.19. The Morgan fingerprint density at radius 2 is 1.56 bits per heavy atom. The predicted octanol–water partition coefficient (Wildman–Crippen LogP) is 4.87. The lowest BCUT2D eigenvalue weighted by molar-refractivity contribution is -0.118. The van der Waals surface area contributed by atoms with Gasteiger partial charge in [0.25, 0.3) is 0 Å². The Bertz CT molecular complexity index is 1230. The summed E-state index contributed by atoms with van der Waals surface area (Å²) in [7, 11) is 0. The van der Waals surface area contributed by atoms with Gasteiger partial charge < -0.3 is 21.1 Å². The van der Waals surface area contributed by atoms with Gasteiger partial charge in [-0.2, -0.15) is 0 Å². The summed E-state index contributed by atoms with van der Waals surface area (Å²) in [6, 6.07) is 25.3. The summed E-state index contributed by atoms with van der Waals surface area (Å²) in [6.07, 6.45) is -0.333. The number of thiazole rings is 1. The highest BCUT2D eigenvalue weighted by Gasteiger charge is 2.22. The summed E-state index contributed by atoms with van der Waals surface area (Å²) < 4.78 is 5.32. The zero-order valence-corrected chi connectivity index (χ0v) is 19.1. The van der Waals surface area contributed by atoms with Crippen LogP contribution in [0.3, 0.4) is 0 Å². The van der Waals surface area contributed by atoms with Crippen LogP contribution in [0.2, 0.25) is 0 Å². The Kier molecular flexibility index (Phi) is 7.52. The molecule has 3 aromatic carbocycles. The first-order valence-corrected chi connectivity index (χ1v) is 11.6. The average Bonchev–Trinajstić information content (AvgIpc) is 3.30. The molecule has 1 heterocycles. The second-order valence-electron chi connectivity index (χ2n) is 7.59. The summed E-state index contributed by atoms with van der Waals surface area (Å²) in [5, 5.41) is 7.95. The third-order valence-electron chi connectivity index (χ3n) is 5.07. The minimum absolute atomic E-state index is 0.120. The van der Waals surface area contributed by atoms with Gasteiger partial charge in [-0.05, 0) is 23.3 Å². The number of hydrogen-bond donors (Lipinski definition) is 3. The second kappa shape index (κ2) is 11.1. The minimum atomic E-state index is -0.816. The number of carbonyl (C=O) groups is 2. The monoisotopic (exact) mass is 472 g/mol. The smallest absolute Gasteiger partial charge is 0.408 e. The number of aromatic nitrogens is 1. The fourth-order valence-corrected chi connectivity index (χ4v) is 3.91. The molecule has 0 saturated heterocycles. The molecule has 0 aliphatic rings. The van der Waals surface area contributed by atoms with Crippen molar-refractivity contribution in [3.63, 3.8) is 0 Å². The average molecular weight is 473 g/mol. The number of nitrogen functional groups attached to an aromatic ring is 1. The van der Waals surface area contributed by atoms with E-state index >= 15 is 0 Å². The molecule has 8 heteroatoms. The highest BCUT2D eigenvalue weighted by atomic mass is 32.1. The van der Waals surface area contributed by atoms with E-state index in [1.165, 1.54) is 11.3 Å². The summed E-state index contributed by atoms with van der Waals surface area (Å²) in [4.78, 5) is 29.8. The van der Waals surface area contributed by atoms with Crippen LogP contribution in [0.5, 0.6) is 0 Å². The van der Waals surface area contributed by atoms with Gasteiger partial charge in [0.05, 0.1) is 5.69 Å². The summed E-state index contributed by atoms with van der Waals surface area (Å²) in [6.45, 7) is 0.120. The van der Waals surface area contributed by atoms with Crippen molar-refractivity contribution < 1.29 is 14.3 Å². The fraction of sp³-hybridized carbons (Fsp3) is 0.115. The number of ether oxygens (including phenoxy) is 1. The third-order valence-corrected chi connectivity index (χ3v) is 5.75. The minimum Gasteiger partial charge on any atom is -0.445 e. The van der Waals surface area contributed by atoms with Crippen molar-refractivity contribution in [3.8, 4) is 11.3 Å². The van der Waals surface area contributed by atoms with Gasteiger partial charge in [0.1, 0.15) is 12.6 Å². The molecular formula is C26H24N4O3S. The van der Waals surface area contributed by atoms with E-state index in [0.717, 1.165) is 22.4 Å². The van der Waals surface area contributed by atoms with Crippen LogP contribution in [-0.2, 0) is 22.6 Å². The first kappa shape index (κ1) is 23.0. The number of benzene rings is 3. The largest absolute Gasteiger partial charge is 0.445 e. The Hall–Kier alpha value is -4.17. The Balaban J connectivity index is 1.42. The number of carbonyl (C=O) groups excluding carboxylic acids is 2. The van der Waals surface area contributed by atoms with Crippen LogP contribution >= 0.6 is 11.3 Å². The van der Waals surface area contributed by atoms with Gasteiger partial charge in [-0.25, -0.2) is 9.78 Å². The van der Waals surface area contributed by atoms with Gasteiger partial charge in [-0.15, -0.1) is 11.3 Å². The van der Waals surface area contributed by atoms with Gasteiger partial charge in [-0.3, -0.25) is 4.79 Å². The number of rotatable bonds is 8. The molecule has 4 N–H and O–H groups in total. The van der Waals surface area contributed by atoms with Crippen molar-refractivity contribution in [2.24, 2.45) is 0 Å². The third kappa shape index (κ3) is 6.43. The van der Waals surface area contributed by atoms with Crippen molar-refractivity contribution >= 4 is 34.2 Å². The van der Waals surface area contributed by atoms with Gasteiger partial charge in [0.2, 0.25) is 5.91 Å². The number of hydrogen-bond acceptors (Lipinski definition) is 6. The molecule has 0 aliphatic carbocycles. The molecule has 0 unspecified atom stereocenters. The Morgan fingerprint density at radius 1 is 0.912 bits per heavy atom. The van der Waals surface area contributed by atoms with E-state index in [4.69, 9.17) is 10.5 Å². The molecule has 0 fully saturated rings. The van der Waals surface area contributed by atoms with Crippen molar-refractivity contribution in [1.29, 1.82) is 0 Å². The number of anilines is 2. The second-order valence-corrected chi connectivity index (χ2v) is 8.48. The number of nitrogens with zero attached hydrogens (tertiary/aromatic N) is 1. The zero-order valence-electron chi connectivity index (χ0n) is 18.3. The first-order chi connectivity index (χ1) is 16.6. The molecule has 1 atom stereocenters. The van der Waals surface area contributed by atoms with E-state index in [9.17, 15) is 9.59 Å². The first-order valence-electron chi connectivity index (χ1n) is 10.7. The standard InChI is InChI=1S/C26H24N4O3S/c27-25-29-23(17-34-25)20-11-13-21(14-12-20)28-24(31)22(15-18-7-3-1-4-8-18)30-26(32)33-16-19-9-5-2-6-10-19/h1-14,17,22H,15-16H2,(H2,27,29)(H,28,31)(H,30,32)/t22-/m0/s1. The Morgan fingerprint density at radius 3 is 2.18 bits per heavy atom. The van der Waals surface area contributed by atoms with Crippen molar-refractivity contribution in [1.82, 2.24) is 10.3 Å². The van der Waals surface area contributed by atoms with E-state index in [1.54, 1.807) is 12.1 Å². The van der Waals surface area contributed by atoms with E-state index in [1.807, 2.05) is 78.2 Å². The lowest BCUT2D eigenvalue weighted by atomic mass is 10.1. The molecule has 34 heavy (non-hydrogen) atoms. The SMILES string of the molecule is Nc1nc(-c2ccc(NC(=O)[C@H](Cc3ccccc3)NC(=O)OCc3ccccc3)cc2)cs1. The molecule has 0 radical (unpaired) electrons. The maximum absolute atomic E-state index is 13.1. The lowest BCUT2D eigenvalue weighted by Crippen LogP contribution is -2.45. The highest BCUT2D eigenvalue weighted by Crippen LogP contribution is 2.24. The van der Waals surface area contributed by atoms with Crippen molar-refractivity contribution in [2.75, 3.05) is 11.1 Å². The number of alkyl carbamates (subject to hydrolysis) is 1. The zero-order chi connectivity index (χ0) is 23.8. The van der Waals surface area contributed by atoms with Crippen LogP contribution < -0.4 is 16.4 Å². The molecule has 2 amide bonds. The molecule has 7 nitrogen and oxygen atoms in total. The van der Waals surface area contributed by atoms with Gasteiger partial charge in [0.15, 0.2) is 5.13 Å². The number of nitrogens with one attached hydrogen (secondary N) is 2. The molecule has 4 aromatic rings. The van der Waals surface area contributed by atoms with E-state index in [0.29, 0.717) is 17.2 Å². The van der Waals surface area contributed by atoms with Gasteiger partial charge >= 0.3 is 6.09 Å². The number of amides is 2. The van der Waals surface area contributed by atoms with Crippen LogP contribution in [0, 0.1) is 0 Å². The van der Waals surface area contributed by atoms with E-state index < -0.39 is 12.1 Å². The highest BCUT2D eigenvalue weighted by molar-refractivity contribution is 7.13. The normalized spacial score (nSPS) is 11.4. The van der Waals surface area contributed by atoms with Crippen molar-refractivity contribution in [2.45, 2.75) is 19.1 Å². The van der Waals surface area contributed by atoms with Crippen LogP contribution in [-0.4, -0.2) is 23.0 Å². The summed E-state index contributed by atoms with van der Waals surface area (Å²) in [5.41, 5.74) is 9.78. The summed E-state index contributed by atoms with van der Waals surface area (Å²) in [5.74, 6) is -0.342. The maximum atomic E-state index is 13.1. The van der Waals surface area contributed by atoms with Crippen molar-refractivity contribution in [3.05, 3.63) is 101 Å². The van der Waals surface area contributed by atoms with Crippen LogP contribution in [0.4, 0.5) is 15.6 Å². The maximum Gasteiger partial charge on any atom is 0.408 e. The molecule has 0 spiro atoms.